The number of nitrogens with zero attached hydrogens (tertiary/aromatic N) is 1. The van der Waals surface area contributed by atoms with Gasteiger partial charge in [-0.25, -0.2) is 0 Å². The molecule has 0 aliphatic carbocycles. The third kappa shape index (κ3) is 2.28. The molecule has 1 aliphatic heterocycles. The number of hydrogen-bond donors (Lipinski definition) is 0. The summed E-state index contributed by atoms with van der Waals surface area (Å²) in [5.41, 5.74) is 6.63. The molecule has 0 atom stereocenters. The van der Waals surface area contributed by atoms with Gasteiger partial charge in [0.05, 0.1) is 0 Å². The van der Waals surface area contributed by atoms with Crippen LogP contribution in [-0.2, 0) is 13.0 Å². The molecule has 0 radical (unpaired) electrons. The second kappa shape index (κ2) is 4.93. The van der Waals surface area contributed by atoms with Crippen molar-refractivity contribution < 1.29 is 0 Å². The van der Waals surface area contributed by atoms with E-state index in [4.69, 9.17) is 0 Å². The van der Waals surface area contributed by atoms with Crippen LogP contribution in [0.3, 0.4) is 0 Å². The summed E-state index contributed by atoms with van der Waals surface area (Å²) in [6.07, 6.45) is 1.11. The highest BCUT2D eigenvalue weighted by atomic mass is 15.1. The molecule has 0 unspecified atom stereocenters. The van der Waals surface area contributed by atoms with Crippen LogP contribution < -0.4 is 0 Å². The molecule has 96 valence electrons. The Bertz CT molecular complexity index is 613. The summed E-state index contributed by atoms with van der Waals surface area (Å²) in [7, 11) is 0. The standard InChI is InChI=1S/C18H19N/c1-14-7-3-6-10-18(14)15(2)19-12-11-16-8-4-5-9-17(16)13-19/h3-10H,2,11-13H2,1H3. The van der Waals surface area contributed by atoms with Crippen LogP contribution in [0, 0.1) is 6.92 Å². The van der Waals surface area contributed by atoms with Crippen LogP contribution in [0.15, 0.2) is 55.1 Å². The van der Waals surface area contributed by atoms with E-state index in [0.29, 0.717) is 0 Å². The molecule has 2 aromatic rings. The van der Waals surface area contributed by atoms with E-state index in [1.54, 1.807) is 0 Å². The van der Waals surface area contributed by atoms with Gasteiger partial charge in [-0.2, -0.15) is 0 Å². The van der Waals surface area contributed by atoms with E-state index < -0.39 is 0 Å². The Hall–Kier alpha value is -2.02. The maximum absolute atomic E-state index is 4.31. The highest BCUT2D eigenvalue weighted by Gasteiger charge is 2.18. The average molecular weight is 249 g/mol. The zero-order valence-electron chi connectivity index (χ0n) is 11.4. The molecule has 1 aliphatic rings. The predicted molar refractivity (Wildman–Crippen MR) is 80.8 cm³/mol. The normalized spacial score (nSPS) is 14.1. The highest BCUT2D eigenvalue weighted by molar-refractivity contribution is 5.65. The van der Waals surface area contributed by atoms with Crippen molar-refractivity contribution in [2.24, 2.45) is 0 Å². The minimum absolute atomic E-state index is 0.976. The Morgan fingerprint density at radius 1 is 1.00 bits per heavy atom. The maximum Gasteiger partial charge on any atom is 0.0432 e. The minimum atomic E-state index is 0.976. The van der Waals surface area contributed by atoms with Crippen molar-refractivity contribution in [2.75, 3.05) is 6.54 Å². The molecule has 0 bridgehead atoms. The van der Waals surface area contributed by atoms with Crippen LogP contribution >= 0.6 is 0 Å². The lowest BCUT2D eigenvalue weighted by molar-refractivity contribution is 0.373. The first-order valence-electron chi connectivity index (χ1n) is 6.82. The van der Waals surface area contributed by atoms with Gasteiger partial charge in [0, 0.05) is 24.4 Å². The van der Waals surface area contributed by atoms with Gasteiger partial charge < -0.3 is 4.90 Å². The van der Waals surface area contributed by atoms with Gasteiger partial charge in [0.15, 0.2) is 0 Å². The van der Waals surface area contributed by atoms with Gasteiger partial charge in [0.1, 0.15) is 0 Å². The summed E-state index contributed by atoms with van der Waals surface area (Å²) in [6.45, 7) is 8.49. The van der Waals surface area contributed by atoms with Crippen molar-refractivity contribution >= 4 is 5.70 Å². The van der Waals surface area contributed by atoms with Crippen molar-refractivity contribution in [3.05, 3.63) is 77.4 Å². The van der Waals surface area contributed by atoms with Gasteiger partial charge in [-0.05, 0) is 30.0 Å². The molecule has 1 heterocycles. The summed E-state index contributed by atoms with van der Waals surface area (Å²) in [5.74, 6) is 0. The van der Waals surface area contributed by atoms with E-state index in [-0.39, 0.29) is 0 Å². The summed E-state index contributed by atoms with van der Waals surface area (Å²) >= 11 is 0. The SMILES string of the molecule is C=C(c1ccccc1C)N1CCc2ccccc2C1. The van der Waals surface area contributed by atoms with Gasteiger partial charge >= 0.3 is 0 Å². The third-order valence-corrected chi connectivity index (χ3v) is 3.97. The molecule has 0 fully saturated rings. The third-order valence-electron chi connectivity index (χ3n) is 3.97. The minimum Gasteiger partial charge on any atom is -0.367 e. The van der Waals surface area contributed by atoms with Crippen LogP contribution in [-0.4, -0.2) is 11.4 Å². The monoisotopic (exact) mass is 249 g/mol. The van der Waals surface area contributed by atoms with Crippen molar-refractivity contribution in [1.82, 2.24) is 4.90 Å². The van der Waals surface area contributed by atoms with Gasteiger partial charge in [-0.1, -0.05) is 55.1 Å². The van der Waals surface area contributed by atoms with E-state index in [1.807, 2.05) is 0 Å². The van der Waals surface area contributed by atoms with Crippen LogP contribution in [0.1, 0.15) is 22.3 Å². The van der Waals surface area contributed by atoms with Crippen LogP contribution in [0.25, 0.3) is 5.70 Å². The molecule has 19 heavy (non-hydrogen) atoms. The van der Waals surface area contributed by atoms with Crippen LogP contribution in [0.2, 0.25) is 0 Å². The second-order valence-corrected chi connectivity index (χ2v) is 5.20. The van der Waals surface area contributed by atoms with E-state index in [1.165, 1.54) is 22.3 Å². The molecule has 0 saturated carbocycles. The lowest BCUT2D eigenvalue weighted by Gasteiger charge is -2.32. The van der Waals surface area contributed by atoms with E-state index in [0.717, 1.165) is 25.2 Å². The highest BCUT2D eigenvalue weighted by Crippen LogP contribution is 2.27. The smallest absolute Gasteiger partial charge is 0.0432 e. The summed E-state index contributed by atoms with van der Waals surface area (Å²) < 4.78 is 0. The largest absolute Gasteiger partial charge is 0.367 e. The van der Waals surface area contributed by atoms with Crippen molar-refractivity contribution in [2.45, 2.75) is 19.9 Å². The molecule has 0 aromatic heterocycles. The predicted octanol–water partition coefficient (Wildman–Crippen LogP) is 4.02. The Morgan fingerprint density at radius 3 is 2.47 bits per heavy atom. The summed E-state index contributed by atoms with van der Waals surface area (Å²) in [5, 5.41) is 0. The first-order chi connectivity index (χ1) is 9.25. The lowest BCUT2D eigenvalue weighted by Crippen LogP contribution is -2.29. The number of aryl methyl sites for hydroxylation is 1. The molecule has 0 N–H and O–H groups in total. The fourth-order valence-corrected chi connectivity index (χ4v) is 2.79. The van der Waals surface area contributed by atoms with Gasteiger partial charge in [-0.3, -0.25) is 0 Å². The van der Waals surface area contributed by atoms with Crippen LogP contribution in [0.4, 0.5) is 0 Å². The molecule has 1 nitrogen and oxygen atoms in total. The second-order valence-electron chi connectivity index (χ2n) is 5.20. The Balaban J connectivity index is 1.86. The van der Waals surface area contributed by atoms with Crippen molar-refractivity contribution in [3.8, 4) is 0 Å². The molecular formula is C18H19N. The molecule has 0 spiro atoms. The fraction of sp³-hybridized carbons (Fsp3) is 0.222. The topological polar surface area (TPSA) is 3.24 Å². The Morgan fingerprint density at radius 2 is 1.68 bits per heavy atom. The molecule has 3 rings (SSSR count). The summed E-state index contributed by atoms with van der Waals surface area (Å²) in [6, 6.07) is 17.2. The molecule has 2 aromatic carbocycles. The number of fused-ring (bicyclic) bond motifs is 1. The van der Waals surface area contributed by atoms with Gasteiger partial charge in [0.2, 0.25) is 0 Å². The summed E-state index contributed by atoms with van der Waals surface area (Å²) in [4.78, 5) is 2.39. The average Bonchev–Trinajstić information content (AvgIpc) is 2.46. The first-order valence-corrected chi connectivity index (χ1v) is 6.82. The quantitative estimate of drug-likeness (QED) is 0.777. The molecule has 1 heteroatoms. The lowest BCUT2D eigenvalue weighted by atomic mass is 9.98. The molecule has 0 saturated heterocycles. The molecule has 0 amide bonds. The van der Waals surface area contributed by atoms with Crippen molar-refractivity contribution in [1.29, 1.82) is 0 Å². The van der Waals surface area contributed by atoms with E-state index in [9.17, 15) is 0 Å². The molecular weight excluding hydrogens is 230 g/mol. The van der Waals surface area contributed by atoms with Crippen molar-refractivity contribution in [3.63, 3.8) is 0 Å². The maximum atomic E-state index is 4.31. The van der Waals surface area contributed by atoms with E-state index in [2.05, 4.69) is 66.9 Å². The van der Waals surface area contributed by atoms with Crippen LogP contribution in [0.5, 0.6) is 0 Å². The number of hydrogen-bond acceptors (Lipinski definition) is 1. The Labute approximate surface area is 115 Å². The zero-order valence-corrected chi connectivity index (χ0v) is 11.4. The van der Waals surface area contributed by atoms with E-state index >= 15 is 0 Å². The first kappa shape index (κ1) is 12.0. The zero-order chi connectivity index (χ0) is 13.2. The van der Waals surface area contributed by atoms with Gasteiger partial charge in [-0.15, -0.1) is 0 Å². The number of benzene rings is 2. The Kier molecular flexibility index (Phi) is 3.12. The number of rotatable bonds is 2. The fourth-order valence-electron chi connectivity index (χ4n) is 2.79. The van der Waals surface area contributed by atoms with Gasteiger partial charge in [0.25, 0.3) is 0 Å².